The van der Waals surface area contributed by atoms with Crippen molar-refractivity contribution in [3.63, 3.8) is 0 Å². The van der Waals surface area contributed by atoms with E-state index in [1.165, 1.54) is 0 Å². The molecule has 6 heteroatoms. The Bertz CT molecular complexity index is 1170. The highest BCUT2D eigenvalue weighted by atomic mass is 16.5. The van der Waals surface area contributed by atoms with Gasteiger partial charge >= 0.3 is 0 Å². The van der Waals surface area contributed by atoms with E-state index in [0.717, 1.165) is 10.5 Å². The lowest BCUT2D eigenvalue weighted by atomic mass is 9.91. The van der Waals surface area contributed by atoms with E-state index in [4.69, 9.17) is 9.47 Å². The van der Waals surface area contributed by atoms with Gasteiger partial charge in [-0.1, -0.05) is 49.1 Å². The molecule has 0 radical (unpaired) electrons. The van der Waals surface area contributed by atoms with Crippen molar-refractivity contribution in [1.29, 1.82) is 5.26 Å². The molecule has 1 aliphatic heterocycles. The molecule has 3 rings (SSSR count). The summed E-state index contributed by atoms with van der Waals surface area (Å²) in [6.07, 6.45) is 3.31. The molecule has 2 aromatic rings. The van der Waals surface area contributed by atoms with Crippen molar-refractivity contribution >= 4 is 17.9 Å². The number of rotatable bonds is 8. The monoisotopic (exact) mass is 442 g/mol. The molecule has 2 amide bonds. The zero-order valence-corrected chi connectivity index (χ0v) is 19.0. The number of hydrogen-bond donors (Lipinski definition) is 0. The van der Waals surface area contributed by atoms with Crippen LogP contribution in [-0.2, 0) is 9.59 Å². The maximum Gasteiger partial charge on any atom is 0.272 e. The summed E-state index contributed by atoms with van der Waals surface area (Å²) in [5.74, 6) is 0.0625. The molecular weight excluding hydrogens is 416 g/mol. The number of carbonyl (C=O) groups excluding carboxylic acids is 2. The van der Waals surface area contributed by atoms with Crippen LogP contribution in [0.1, 0.15) is 37.9 Å². The molecule has 0 saturated carbocycles. The molecule has 168 valence electrons. The molecule has 0 bridgehead atoms. The van der Waals surface area contributed by atoms with Gasteiger partial charge in [-0.05, 0) is 55.7 Å². The third kappa shape index (κ3) is 4.88. The number of amides is 2. The molecule has 1 atom stereocenters. The van der Waals surface area contributed by atoms with Gasteiger partial charge in [0.15, 0.2) is 11.5 Å². The zero-order chi connectivity index (χ0) is 24.0. The van der Waals surface area contributed by atoms with E-state index in [0.29, 0.717) is 35.8 Å². The van der Waals surface area contributed by atoms with Crippen molar-refractivity contribution in [3.8, 4) is 17.6 Å². The summed E-state index contributed by atoms with van der Waals surface area (Å²) in [7, 11) is 0. The van der Waals surface area contributed by atoms with Crippen LogP contribution in [0.4, 0.5) is 0 Å². The first kappa shape index (κ1) is 23.6. The van der Waals surface area contributed by atoms with Crippen molar-refractivity contribution < 1.29 is 19.1 Å². The summed E-state index contributed by atoms with van der Waals surface area (Å²) >= 11 is 0. The number of nitriles is 1. The second-order valence-electron chi connectivity index (χ2n) is 7.48. The average Bonchev–Trinajstić information content (AvgIpc) is 2.82. The predicted molar refractivity (Wildman–Crippen MR) is 126 cm³/mol. The van der Waals surface area contributed by atoms with Crippen LogP contribution in [0.3, 0.4) is 0 Å². The van der Waals surface area contributed by atoms with Crippen LogP contribution in [0.15, 0.2) is 77.9 Å². The highest BCUT2D eigenvalue weighted by Gasteiger charge is 2.38. The zero-order valence-electron chi connectivity index (χ0n) is 19.0. The van der Waals surface area contributed by atoms with E-state index in [2.05, 4.69) is 6.58 Å². The van der Waals surface area contributed by atoms with Crippen molar-refractivity contribution in [1.82, 2.24) is 4.90 Å². The lowest BCUT2D eigenvalue weighted by Gasteiger charge is -2.32. The van der Waals surface area contributed by atoms with E-state index < -0.39 is 17.9 Å². The van der Waals surface area contributed by atoms with Crippen molar-refractivity contribution in [2.75, 3.05) is 13.2 Å². The van der Waals surface area contributed by atoms with Gasteiger partial charge in [0.25, 0.3) is 11.8 Å². The van der Waals surface area contributed by atoms with Gasteiger partial charge in [0.2, 0.25) is 0 Å². The van der Waals surface area contributed by atoms with Crippen LogP contribution < -0.4 is 9.47 Å². The second-order valence-corrected chi connectivity index (χ2v) is 7.48. The number of hydrogen-bond acceptors (Lipinski definition) is 5. The summed E-state index contributed by atoms with van der Waals surface area (Å²) in [5.41, 5.74) is 2.09. The van der Waals surface area contributed by atoms with Crippen LogP contribution >= 0.6 is 0 Å². The largest absolute Gasteiger partial charge is 0.490 e. The Hall–Kier alpha value is -4.11. The van der Waals surface area contributed by atoms with Crippen molar-refractivity contribution in [3.05, 3.63) is 89.0 Å². The molecule has 0 aromatic heterocycles. The quantitative estimate of drug-likeness (QED) is 0.326. The fraction of sp³-hybridized carbons (Fsp3) is 0.222. The maximum atomic E-state index is 13.5. The summed E-state index contributed by atoms with van der Waals surface area (Å²) < 4.78 is 11.3. The van der Waals surface area contributed by atoms with E-state index in [9.17, 15) is 14.9 Å². The fourth-order valence-corrected chi connectivity index (χ4v) is 3.65. The van der Waals surface area contributed by atoms with Gasteiger partial charge in [-0.15, -0.1) is 0 Å². The Morgan fingerprint density at radius 1 is 1.09 bits per heavy atom. The summed E-state index contributed by atoms with van der Waals surface area (Å²) in [6.45, 7) is 9.69. The highest BCUT2D eigenvalue weighted by molar-refractivity contribution is 6.19. The number of carbonyl (C=O) groups is 2. The highest BCUT2D eigenvalue weighted by Crippen LogP contribution is 2.34. The summed E-state index contributed by atoms with van der Waals surface area (Å²) in [4.78, 5) is 27.7. The Labute approximate surface area is 194 Å². The van der Waals surface area contributed by atoms with E-state index >= 15 is 0 Å². The van der Waals surface area contributed by atoms with Crippen LogP contribution in [0.5, 0.6) is 11.5 Å². The standard InChI is InChI=1S/C27H26N2O4/c1-5-14-33-24-13-12-20(16-25(24)32-6-2)15-22-18(3)23(17-28)27(31)29(26(22)30)19(4)21-10-8-7-9-11-21/h5,7-13,15-16,19H,1,6,14H2,2-4H3/b22-15+. The number of imide groups is 1. The molecule has 0 aliphatic carbocycles. The number of nitrogens with zero attached hydrogens (tertiary/aromatic N) is 2. The normalized spacial score (nSPS) is 15.9. The Balaban J connectivity index is 2.07. The Morgan fingerprint density at radius 3 is 2.45 bits per heavy atom. The first-order valence-electron chi connectivity index (χ1n) is 10.7. The molecule has 0 fully saturated rings. The van der Waals surface area contributed by atoms with E-state index in [-0.39, 0.29) is 11.1 Å². The number of benzene rings is 2. The minimum absolute atomic E-state index is 0.0420. The average molecular weight is 443 g/mol. The molecule has 0 N–H and O–H groups in total. The molecule has 1 heterocycles. The molecule has 33 heavy (non-hydrogen) atoms. The predicted octanol–water partition coefficient (Wildman–Crippen LogP) is 5.00. The van der Waals surface area contributed by atoms with E-state index in [1.807, 2.05) is 43.3 Å². The topological polar surface area (TPSA) is 79.6 Å². The molecule has 6 nitrogen and oxygen atoms in total. The molecule has 0 saturated heterocycles. The first-order valence-corrected chi connectivity index (χ1v) is 10.7. The van der Waals surface area contributed by atoms with Gasteiger partial charge in [-0.25, -0.2) is 0 Å². The third-order valence-corrected chi connectivity index (χ3v) is 5.38. The van der Waals surface area contributed by atoms with Crippen LogP contribution in [0.2, 0.25) is 0 Å². The minimum atomic E-state index is -0.586. The van der Waals surface area contributed by atoms with Gasteiger partial charge in [0.05, 0.1) is 12.6 Å². The SMILES string of the molecule is C=CCOc1ccc(/C=C2/C(=O)N(C(C)c3ccccc3)C(=O)C(C#N)=C2C)cc1OCC. The maximum absolute atomic E-state index is 13.5. The lowest BCUT2D eigenvalue weighted by Crippen LogP contribution is -2.44. The van der Waals surface area contributed by atoms with Crippen molar-refractivity contribution in [2.24, 2.45) is 0 Å². The van der Waals surface area contributed by atoms with Gasteiger partial charge in [-0.3, -0.25) is 14.5 Å². The molecule has 0 spiro atoms. The molecule has 1 aliphatic rings. The van der Waals surface area contributed by atoms with E-state index in [1.54, 1.807) is 44.2 Å². The van der Waals surface area contributed by atoms with Gasteiger partial charge in [0.1, 0.15) is 18.2 Å². The smallest absolute Gasteiger partial charge is 0.272 e. The molecular formula is C27H26N2O4. The van der Waals surface area contributed by atoms with Gasteiger partial charge in [0, 0.05) is 5.57 Å². The first-order chi connectivity index (χ1) is 15.9. The third-order valence-electron chi connectivity index (χ3n) is 5.38. The van der Waals surface area contributed by atoms with Gasteiger partial charge in [-0.2, -0.15) is 5.26 Å². The minimum Gasteiger partial charge on any atom is -0.490 e. The van der Waals surface area contributed by atoms with Crippen LogP contribution in [-0.4, -0.2) is 29.9 Å². The van der Waals surface area contributed by atoms with Crippen LogP contribution in [0, 0.1) is 11.3 Å². The summed E-state index contributed by atoms with van der Waals surface area (Å²) in [5, 5.41) is 9.67. The molecule has 1 unspecified atom stereocenters. The Kier molecular flexibility index (Phi) is 7.47. The number of ether oxygens (including phenoxy) is 2. The summed E-state index contributed by atoms with van der Waals surface area (Å²) in [6, 6.07) is 16.0. The van der Waals surface area contributed by atoms with Crippen LogP contribution in [0.25, 0.3) is 6.08 Å². The van der Waals surface area contributed by atoms with Crippen molar-refractivity contribution in [2.45, 2.75) is 26.8 Å². The fourth-order valence-electron chi connectivity index (χ4n) is 3.65. The lowest BCUT2D eigenvalue weighted by molar-refractivity contribution is -0.143. The molecule has 2 aromatic carbocycles. The Morgan fingerprint density at radius 2 is 1.82 bits per heavy atom. The second kappa shape index (κ2) is 10.5. The van der Waals surface area contributed by atoms with Gasteiger partial charge < -0.3 is 9.47 Å².